The van der Waals surface area contributed by atoms with Crippen molar-refractivity contribution in [1.29, 1.82) is 0 Å². The molecule has 2 heterocycles. The third-order valence-electron chi connectivity index (χ3n) is 4.40. The number of pyridine rings is 1. The SMILES string of the molecule is O=C(Nc1ccc(NCc2ccncc2)cc1)N(c1ccccc1)c1cncnc1. The number of anilines is 4. The van der Waals surface area contributed by atoms with Crippen molar-refractivity contribution < 1.29 is 4.79 Å². The summed E-state index contributed by atoms with van der Waals surface area (Å²) in [5, 5.41) is 6.28. The number of urea groups is 1. The predicted octanol–water partition coefficient (Wildman–Crippen LogP) is 4.85. The van der Waals surface area contributed by atoms with Crippen molar-refractivity contribution in [3.05, 3.63) is 103 Å². The topological polar surface area (TPSA) is 83.0 Å². The van der Waals surface area contributed by atoms with Crippen molar-refractivity contribution in [2.75, 3.05) is 15.5 Å². The largest absolute Gasteiger partial charge is 0.381 e. The third kappa shape index (κ3) is 4.77. The van der Waals surface area contributed by atoms with Gasteiger partial charge in [0.15, 0.2) is 0 Å². The Labute approximate surface area is 174 Å². The van der Waals surface area contributed by atoms with Gasteiger partial charge in [0.25, 0.3) is 0 Å². The van der Waals surface area contributed by atoms with Crippen LogP contribution >= 0.6 is 0 Å². The lowest BCUT2D eigenvalue weighted by molar-refractivity contribution is 0.259. The second-order valence-corrected chi connectivity index (χ2v) is 6.48. The fourth-order valence-corrected chi connectivity index (χ4v) is 2.92. The maximum atomic E-state index is 13.0. The van der Waals surface area contributed by atoms with Gasteiger partial charge in [-0.05, 0) is 54.1 Å². The van der Waals surface area contributed by atoms with Gasteiger partial charge in [0.05, 0.1) is 23.8 Å². The molecule has 0 unspecified atom stereocenters. The molecule has 7 heteroatoms. The molecule has 148 valence electrons. The summed E-state index contributed by atoms with van der Waals surface area (Å²) in [6.07, 6.45) is 8.18. The molecule has 0 aliphatic heterocycles. The normalized spacial score (nSPS) is 10.3. The number of benzene rings is 2. The highest BCUT2D eigenvalue weighted by Gasteiger charge is 2.18. The van der Waals surface area contributed by atoms with Crippen molar-refractivity contribution >= 4 is 28.8 Å². The van der Waals surface area contributed by atoms with Gasteiger partial charge in [-0.1, -0.05) is 18.2 Å². The van der Waals surface area contributed by atoms with E-state index in [-0.39, 0.29) is 6.03 Å². The van der Waals surface area contributed by atoms with Gasteiger partial charge in [0.1, 0.15) is 6.33 Å². The molecular weight excluding hydrogens is 376 g/mol. The van der Waals surface area contributed by atoms with E-state index in [2.05, 4.69) is 25.6 Å². The zero-order valence-corrected chi connectivity index (χ0v) is 16.1. The molecule has 0 saturated carbocycles. The molecule has 30 heavy (non-hydrogen) atoms. The first kappa shape index (κ1) is 19.1. The van der Waals surface area contributed by atoms with Crippen LogP contribution in [0.25, 0.3) is 0 Å². The minimum atomic E-state index is -0.298. The Balaban J connectivity index is 1.46. The van der Waals surface area contributed by atoms with Gasteiger partial charge in [0, 0.05) is 30.3 Å². The van der Waals surface area contributed by atoms with Crippen molar-refractivity contribution in [3.8, 4) is 0 Å². The van der Waals surface area contributed by atoms with Gasteiger partial charge < -0.3 is 10.6 Å². The van der Waals surface area contributed by atoms with Crippen molar-refractivity contribution in [1.82, 2.24) is 15.0 Å². The van der Waals surface area contributed by atoms with Gasteiger partial charge >= 0.3 is 6.03 Å². The fourth-order valence-electron chi connectivity index (χ4n) is 2.92. The van der Waals surface area contributed by atoms with Gasteiger partial charge in [-0.25, -0.2) is 14.8 Å². The lowest BCUT2D eigenvalue weighted by Gasteiger charge is -2.22. The highest BCUT2D eigenvalue weighted by atomic mass is 16.2. The quantitative estimate of drug-likeness (QED) is 0.487. The molecule has 0 bridgehead atoms. The highest BCUT2D eigenvalue weighted by molar-refractivity contribution is 6.06. The van der Waals surface area contributed by atoms with Crippen LogP contribution in [0.1, 0.15) is 5.56 Å². The van der Waals surface area contributed by atoms with Crippen LogP contribution in [0.3, 0.4) is 0 Å². The monoisotopic (exact) mass is 396 g/mol. The van der Waals surface area contributed by atoms with Crippen LogP contribution in [0.2, 0.25) is 0 Å². The molecule has 2 N–H and O–H groups in total. The van der Waals surface area contributed by atoms with Crippen molar-refractivity contribution in [2.45, 2.75) is 6.54 Å². The molecule has 7 nitrogen and oxygen atoms in total. The predicted molar refractivity (Wildman–Crippen MR) is 118 cm³/mol. The Morgan fingerprint density at radius 1 is 0.767 bits per heavy atom. The van der Waals surface area contributed by atoms with E-state index >= 15 is 0 Å². The molecule has 0 spiro atoms. The molecule has 4 aromatic rings. The Bertz CT molecular complexity index is 1030. The first-order valence-corrected chi connectivity index (χ1v) is 9.43. The number of para-hydroxylation sites is 1. The molecule has 0 atom stereocenters. The number of aromatic nitrogens is 3. The molecule has 0 aliphatic rings. The molecule has 2 aromatic heterocycles. The standard InChI is InChI=1S/C23H20N6O/c30-23(29(21-4-2-1-3-5-21)22-15-25-17-26-16-22)28-20-8-6-19(7-9-20)27-14-18-10-12-24-13-11-18/h1-13,15-17,27H,14H2,(H,28,30). The Morgan fingerprint density at radius 2 is 1.43 bits per heavy atom. The zero-order valence-electron chi connectivity index (χ0n) is 16.1. The van der Waals surface area contributed by atoms with E-state index < -0.39 is 0 Å². The first-order valence-electron chi connectivity index (χ1n) is 9.43. The molecule has 2 aromatic carbocycles. The van der Waals surface area contributed by atoms with Gasteiger partial charge in [-0.2, -0.15) is 0 Å². The molecular formula is C23H20N6O. The van der Waals surface area contributed by atoms with Gasteiger partial charge in [0.2, 0.25) is 0 Å². The summed E-state index contributed by atoms with van der Waals surface area (Å²) < 4.78 is 0. The van der Waals surface area contributed by atoms with Crippen LogP contribution in [-0.2, 0) is 6.54 Å². The maximum Gasteiger partial charge on any atom is 0.331 e. The smallest absolute Gasteiger partial charge is 0.331 e. The summed E-state index contributed by atoms with van der Waals surface area (Å²) in [5.74, 6) is 0. The fraction of sp³-hybridized carbons (Fsp3) is 0.0435. The first-order chi connectivity index (χ1) is 14.8. The lowest BCUT2D eigenvalue weighted by atomic mass is 10.2. The Hall–Kier alpha value is -4.26. The van der Waals surface area contributed by atoms with E-state index in [1.54, 1.807) is 24.8 Å². The Morgan fingerprint density at radius 3 is 2.13 bits per heavy atom. The van der Waals surface area contributed by atoms with Crippen LogP contribution in [0.4, 0.5) is 27.5 Å². The number of rotatable bonds is 6. The highest BCUT2D eigenvalue weighted by Crippen LogP contribution is 2.25. The van der Waals surface area contributed by atoms with E-state index in [1.807, 2.05) is 66.7 Å². The van der Waals surface area contributed by atoms with Crippen LogP contribution in [-0.4, -0.2) is 21.0 Å². The summed E-state index contributed by atoms with van der Waals surface area (Å²) in [6.45, 7) is 0.698. The minimum Gasteiger partial charge on any atom is -0.381 e. The molecule has 4 rings (SSSR count). The van der Waals surface area contributed by atoms with E-state index in [1.165, 1.54) is 11.2 Å². The van der Waals surface area contributed by atoms with E-state index in [0.717, 1.165) is 16.9 Å². The van der Waals surface area contributed by atoms with E-state index in [9.17, 15) is 4.79 Å². The summed E-state index contributed by atoms with van der Waals surface area (Å²) in [6, 6.07) is 20.6. The second kappa shape index (κ2) is 9.29. The number of amides is 2. The number of carbonyl (C=O) groups is 1. The van der Waals surface area contributed by atoms with Gasteiger partial charge in [-0.15, -0.1) is 0 Å². The van der Waals surface area contributed by atoms with Crippen LogP contribution in [0.15, 0.2) is 97.8 Å². The average Bonchev–Trinajstić information content (AvgIpc) is 2.81. The van der Waals surface area contributed by atoms with E-state index in [4.69, 9.17) is 0 Å². The third-order valence-corrected chi connectivity index (χ3v) is 4.40. The van der Waals surface area contributed by atoms with E-state index in [0.29, 0.717) is 17.9 Å². The number of hydrogen-bond donors (Lipinski definition) is 2. The van der Waals surface area contributed by atoms with Crippen LogP contribution < -0.4 is 15.5 Å². The summed E-state index contributed by atoms with van der Waals surface area (Å²) in [4.78, 5) is 26.7. The molecule has 0 aliphatic carbocycles. The number of hydrogen-bond acceptors (Lipinski definition) is 5. The summed E-state index contributed by atoms with van der Waals surface area (Å²) in [5.41, 5.74) is 4.09. The van der Waals surface area contributed by atoms with Crippen molar-refractivity contribution in [3.63, 3.8) is 0 Å². The minimum absolute atomic E-state index is 0.298. The van der Waals surface area contributed by atoms with Crippen LogP contribution in [0.5, 0.6) is 0 Å². The maximum absolute atomic E-state index is 13.0. The number of carbonyl (C=O) groups excluding carboxylic acids is 1. The summed E-state index contributed by atoms with van der Waals surface area (Å²) >= 11 is 0. The lowest BCUT2D eigenvalue weighted by Crippen LogP contribution is -2.31. The number of nitrogens with zero attached hydrogens (tertiary/aromatic N) is 4. The molecule has 2 amide bonds. The zero-order chi connectivity index (χ0) is 20.6. The second-order valence-electron chi connectivity index (χ2n) is 6.48. The van der Waals surface area contributed by atoms with Crippen LogP contribution in [0, 0.1) is 0 Å². The molecule has 0 fully saturated rings. The van der Waals surface area contributed by atoms with Gasteiger partial charge in [-0.3, -0.25) is 9.88 Å². The summed E-state index contributed by atoms with van der Waals surface area (Å²) in [7, 11) is 0. The molecule has 0 radical (unpaired) electrons. The van der Waals surface area contributed by atoms with Crippen molar-refractivity contribution in [2.24, 2.45) is 0 Å². The Kier molecular flexibility index (Phi) is 5.91. The molecule has 0 saturated heterocycles. The number of nitrogens with one attached hydrogen (secondary N) is 2. The average molecular weight is 396 g/mol.